The van der Waals surface area contributed by atoms with E-state index in [0.29, 0.717) is 40.0 Å². The van der Waals surface area contributed by atoms with Gasteiger partial charge in [0.1, 0.15) is 0 Å². The number of hydrogen-bond donors (Lipinski definition) is 2. The Balaban J connectivity index is 1.47. The standard InChI is InChI=1S/C23H22ClN5O3/c24-20-11-15(5-8-25)1-3-18(20)19-14-28-29(23(19)31)21-4-2-17(13-26-21)22(30)27-12-16-6-9-32-10-7-16/h1-4,11,13-14,16,31H,5-7,9-10,12H2,(H,27,30). The van der Waals surface area contributed by atoms with Gasteiger partial charge < -0.3 is 15.2 Å². The summed E-state index contributed by atoms with van der Waals surface area (Å²) in [5.74, 6) is 0.487. The van der Waals surface area contributed by atoms with Crippen LogP contribution in [0.2, 0.25) is 5.02 Å². The quantitative estimate of drug-likeness (QED) is 0.592. The molecule has 8 nitrogen and oxygen atoms in total. The smallest absolute Gasteiger partial charge is 0.252 e. The first-order chi connectivity index (χ1) is 15.6. The maximum absolute atomic E-state index is 12.4. The van der Waals surface area contributed by atoms with Crippen LogP contribution in [0.25, 0.3) is 16.9 Å². The summed E-state index contributed by atoms with van der Waals surface area (Å²) < 4.78 is 6.61. The van der Waals surface area contributed by atoms with E-state index in [2.05, 4.69) is 21.5 Å². The molecule has 1 aliphatic heterocycles. The predicted molar refractivity (Wildman–Crippen MR) is 119 cm³/mol. The molecule has 0 atom stereocenters. The molecule has 0 spiro atoms. The second kappa shape index (κ2) is 9.81. The number of benzene rings is 1. The van der Waals surface area contributed by atoms with Crippen molar-refractivity contribution in [2.75, 3.05) is 19.8 Å². The lowest BCUT2D eigenvalue weighted by molar-refractivity contribution is 0.0642. The minimum absolute atomic E-state index is 0.121. The highest BCUT2D eigenvalue weighted by molar-refractivity contribution is 6.33. The van der Waals surface area contributed by atoms with Crippen LogP contribution >= 0.6 is 11.6 Å². The lowest BCUT2D eigenvalue weighted by Gasteiger charge is -2.22. The first kappa shape index (κ1) is 21.8. The van der Waals surface area contributed by atoms with Gasteiger partial charge in [0.25, 0.3) is 5.91 Å². The van der Waals surface area contributed by atoms with Crippen LogP contribution in [0.4, 0.5) is 0 Å². The van der Waals surface area contributed by atoms with Crippen LogP contribution in [0.3, 0.4) is 0 Å². The van der Waals surface area contributed by atoms with Gasteiger partial charge in [-0.25, -0.2) is 4.98 Å². The number of aromatic nitrogens is 3. The summed E-state index contributed by atoms with van der Waals surface area (Å²) >= 11 is 6.34. The summed E-state index contributed by atoms with van der Waals surface area (Å²) in [6.07, 6.45) is 5.10. The fraction of sp³-hybridized carbons (Fsp3) is 0.304. The number of nitrogens with zero attached hydrogens (tertiary/aromatic N) is 4. The van der Waals surface area contributed by atoms with Gasteiger partial charge in [0.05, 0.1) is 29.8 Å². The maximum Gasteiger partial charge on any atom is 0.252 e. The van der Waals surface area contributed by atoms with Crippen molar-refractivity contribution in [3.8, 4) is 28.9 Å². The minimum atomic E-state index is -0.190. The number of halogens is 1. The van der Waals surface area contributed by atoms with Crippen LogP contribution in [-0.4, -0.2) is 45.5 Å². The number of carbonyl (C=O) groups excluding carboxylic acids is 1. The van der Waals surface area contributed by atoms with Gasteiger partial charge in [-0.2, -0.15) is 15.0 Å². The highest BCUT2D eigenvalue weighted by Gasteiger charge is 2.18. The molecule has 0 saturated carbocycles. The third-order valence-corrected chi connectivity index (χ3v) is 5.78. The zero-order chi connectivity index (χ0) is 22.5. The number of pyridine rings is 1. The Morgan fingerprint density at radius 3 is 2.75 bits per heavy atom. The number of hydrogen-bond acceptors (Lipinski definition) is 6. The molecule has 0 bridgehead atoms. The van der Waals surface area contributed by atoms with E-state index in [1.54, 1.807) is 30.3 Å². The highest BCUT2D eigenvalue weighted by Crippen LogP contribution is 2.35. The molecular formula is C23H22ClN5O3. The summed E-state index contributed by atoms with van der Waals surface area (Å²) in [4.78, 5) is 16.7. The monoisotopic (exact) mass is 451 g/mol. The number of ether oxygens (including phenoxy) is 1. The van der Waals surface area contributed by atoms with Gasteiger partial charge in [0.15, 0.2) is 5.82 Å². The number of rotatable bonds is 6. The fourth-order valence-electron chi connectivity index (χ4n) is 3.61. The van der Waals surface area contributed by atoms with E-state index in [1.165, 1.54) is 17.1 Å². The predicted octanol–water partition coefficient (Wildman–Crippen LogP) is 3.52. The lowest BCUT2D eigenvalue weighted by atomic mass is 10.0. The molecule has 32 heavy (non-hydrogen) atoms. The normalized spacial score (nSPS) is 14.1. The summed E-state index contributed by atoms with van der Waals surface area (Å²) in [7, 11) is 0. The molecule has 1 fully saturated rings. The van der Waals surface area contributed by atoms with Crippen LogP contribution in [0.1, 0.15) is 28.8 Å². The van der Waals surface area contributed by atoms with Crippen molar-refractivity contribution in [2.45, 2.75) is 19.3 Å². The second-order valence-electron chi connectivity index (χ2n) is 7.61. The molecule has 0 radical (unpaired) electrons. The van der Waals surface area contributed by atoms with E-state index < -0.39 is 0 Å². The molecule has 1 aliphatic rings. The molecule has 3 heterocycles. The van der Waals surface area contributed by atoms with Crippen molar-refractivity contribution >= 4 is 17.5 Å². The molecule has 2 N–H and O–H groups in total. The van der Waals surface area contributed by atoms with Crippen molar-refractivity contribution < 1.29 is 14.6 Å². The van der Waals surface area contributed by atoms with Crippen molar-refractivity contribution in [3.05, 3.63) is 58.9 Å². The second-order valence-corrected chi connectivity index (χ2v) is 8.02. The molecule has 2 aromatic heterocycles. The Kier molecular flexibility index (Phi) is 6.69. The molecular weight excluding hydrogens is 430 g/mol. The van der Waals surface area contributed by atoms with E-state index in [4.69, 9.17) is 21.6 Å². The van der Waals surface area contributed by atoms with E-state index in [0.717, 1.165) is 31.6 Å². The number of carbonyl (C=O) groups is 1. The van der Waals surface area contributed by atoms with Crippen LogP contribution < -0.4 is 5.32 Å². The van der Waals surface area contributed by atoms with Gasteiger partial charge in [-0.05, 0) is 42.5 Å². The molecule has 0 aliphatic carbocycles. The van der Waals surface area contributed by atoms with Gasteiger partial charge in [-0.1, -0.05) is 23.7 Å². The third kappa shape index (κ3) is 4.74. The molecule has 4 rings (SSSR count). The van der Waals surface area contributed by atoms with Gasteiger partial charge in [0, 0.05) is 36.5 Å². The minimum Gasteiger partial charge on any atom is -0.493 e. The Hall–Kier alpha value is -3.41. The average molecular weight is 452 g/mol. The zero-order valence-corrected chi connectivity index (χ0v) is 18.0. The van der Waals surface area contributed by atoms with E-state index >= 15 is 0 Å². The first-order valence-corrected chi connectivity index (χ1v) is 10.7. The van der Waals surface area contributed by atoms with Crippen LogP contribution in [0.5, 0.6) is 5.88 Å². The molecule has 3 aromatic rings. The molecule has 1 aromatic carbocycles. The van der Waals surface area contributed by atoms with Crippen molar-refractivity contribution in [2.24, 2.45) is 5.92 Å². The average Bonchev–Trinajstić information content (AvgIpc) is 3.19. The number of nitriles is 1. The Labute approximate surface area is 190 Å². The number of amides is 1. The van der Waals surface area contributed by atoms with Gasteiger partial charge in [-0.15, -0.1) is 0 Å². The SMILES string of the molecule is N#CCc1ccc(-c2cnn(-c3ccc(C(=O)NCC4CCOCC4)cn3)c2O)c(Cl)c1. The van der Waals surface area contributed by atoms with Crippen LogP contribution in [0, 0.1) is 17.2 Å². The topological polar surface area (TPSA) is 113 Å². The maximum atomic E-state index is 12.4. The molecule has 0 unspecified atom stereocenters. The summed E-state index contributed by atoms with van der Waals surface area (Å²) in [6, 6.07) is 10.6. The van der Waals surface area contributed by atoms with Crippen molar-refractivity contribution in [1.29, 1.82) is 5.26 Å². The Bertz CT molecular complexity index is 1150. The van der Waals surface area contributed by atoms with Crippen molar-refractivity contribution in [1.82, 2.24) is 20.1 Å². The summed E-state index contributed by atoms with van der Waals surface area (Å²) in [5, 5.41) is 27.1. The van der Waals surface area contributed by atoms with Crippen LogP contribution in [-0.2, 0) is 11.2 Å². The lowest BCUT2D eigenvalue weighted by Crippen LogP contribution is -2.32. The summed E-state index contributed by atoms with van der Waals surface area (Å²) in [5.41, 5.74) is 2.27. The highest BCUT2D eigenvalue weighted by atomic mass is 35.5. The largest absolute Gasteiger partial charge is 0.493 e. The first-order valence-electron chi connectivity index (χ1n) is 10.3. The fourth-order valence-corrected chi connectivity index (χ4v) is 3.92. The van der Waals surface area contributed by atoms with Gasteiger partial charge in [-0.3, -0.25) is 4.79 Å². The van der Waals surface area contributed by atoms with Crippen LogP contribution in [0.15, 0.2) is 42.7 Å². The number of nitrogens with one attached hydrogen (secondary N) is 1. The third-order valence-electron chi connectivity index (χ3n) is 5.47. The zero-order valence-electron chi connectivity index (χ0n) is 17.3. The molecule has 9 heteroatoms. The molecule has 1 saturated heterocycles. The van der Waals surface area contributed by atoms with Gasteiger partial charge >= 0.3 is 0 Å². The number of aromatic hydroxyl groups is 1. The van der Waals surface area contributed by atoms with Crippen molar-refractivity contribution in [3.63, 3.8) is 0 Å². The molecule has 1 amide bonds. The molecule has 164 valence electrons. The summed E-state index contributed by atoms with van der Waals surface area (Å²) in [6.45, 7) is 2.09. The van der Waals surface area contributed by atoms with E-state index in [9.17, 15) is 9.90 Å². The van der Waals surface area contributed by atoms with E-state index in [1.807, 2.05) is 0 Å². The Morgan fingerprint density at radius 2 is 2.06 bits per heavy atom. The van der Waals surface area contributed by atoms with E-state index in [-0.39, 0.29) is 18.2 Å². The Morgan fingerprint density at radius 1 is 1.25 bits per heavy atom. The van der Waals surface area contributed by atoms with Gasteiger partial charge in [0.2, 0.25) is 5.88 Å².